The van der Waals surface area contributed by atoms with Crippen LogP contribution in [0.1, 0.15) is 110 Å². The maximum absolute atomic E-state index is 12.0. The first kappa shape index (κ1) is 38.6. The number of rotatable bonds is 28. The van der Waals surface area contributed by atoms with Gasteiger partial charge in [-0.1, -0.05) is 103 Å². The number of nitrogens with zero attached hydrogens (tertiary/aromatic N) is 3. The third-order valence-corrected chi connectivity index (χ3v) is 9.86. The van der Waals surface area contributed by atoms with E-state index in [-0.39, 0.29) is 43.5 Å². The van der Waals surface area contributed by atoms with Crippen LogP contribution in [0.25, 0.3) is 11.2 Å². The lowest BCUT2D eigenvalue weighted by Gasteiger charge is -2.30. The standard InChI is InChI=1S/C28H53N5O9P2/c1-2-3-4-5-6-7-8-9-10-11-12-13-14-15-16-17-19-39-21-22-41-44(37,38)42-43(35,36)24-40-20-18-33-23-30-25-26(33)31-28(29)32-27(25)34/h23H,2-22,24H2,1H3,(H,35,36)(H,37,38)(H3,29,31,32,34)/p-2. The van der Waals surface area contributed by atoms with Gasteiger partial charge in [-0.05, 0) is 6.42 Å². The van der Waals surface area contributed by atoms with Crippen molar-refractivity contribution < 1.29 is 37.2 Å². The number of aromatic nitrogens is 4. The number of hydrogen-bond donors (Lipinski definition) is 2. The highest BCUT2D eigenvalue weighted by Crippen LogP contribution is 2.54. The summed E-state index contributed by atoms with van der Waals surface area (Å²) in [4.78, 5) is 45.9. The molecule has 44 heavy (non-hydrogen) atoms. The first-order chi connectivity index (χ1) is 21.1. The summed E-state index contributed by atoms with van der Waals surface area (Å²) in [5.41, 5.74) is 5.28. The van der Waals surface area contributed by atoms with E-state index in [2.05, 4.69) is 30.7 Å². The molecule has 0 aliphatic rings. The lowest BCUT2D eigenvalue weighted by molar-refractivity contribution is -0.234. The molecule has 0 radical (unpaired) electrons. The van der Waals surface area contributed by atoms with Crippen LogP contribution in [-0.4, -0.2) is 52.3 Å². The largest absolute Gasteiger partial charge is 0.777 e. The summed E-state index contributed by atoms with van der Waals surface area (Å²) in [6.45, 7) is 2.28. The molecule has 0 spiro atoms. The van der Waals surface area contributed by atoms with Gasteiger partial charge in [0.25, 0.3) is 13.4 Å². The molecular formula is C28H51N5O9P2-2. The van der Waals surface area contributed by atoms with Crippen molar-refractivity contribution in [2.24, 2.45) is 0 Å². The third kappa shape index (κ3) is 17.2. The van der Waals surface area contributed by atoms with Crippen molar-refractivity contribution in [1.29, 1.82) is 0 Å². The average Bonchev–Trinajstić information content (AvgIpc) is 3.36. The van der Waals surface area contributed by atoms with E-state index < -0.39 is 27.3 Å². The highest BCUT2D eigenvalue weighted by Gasteiger charge is 2.19. The van der Waals surface area contributed by atoms with Crippen molar-refractivity contribution in [3.8, 4) is 0 Å². The summed E-state index contributed by atoms with van der Waals surface area (Å²) < 4.78 is 44.6. The first-order valence-corrected chi connectivity index (χ1v) is 19.2. The van der Waals surface area contributed by atoms with Gasteiger partial charge in [0.2, 0.25) is 5.95 Å². The molecule has 0 fully saturated rings. The molecule has 2 unspecified atom stereocenters. The molecule has 2 heterocycles. The summed E-state index contributed by atoms with van der Waals surface area (Å²) in [6, 6.07) is 0. The quantitative estimate of drug-likeness (QED) is 0.0910. The minimum absolute atomic E-state index is 0.00572. The van der Waals surface area contributed by atoms with Crippen molar-refractivity contribution in [2.75, 3.05) is 38.5 Å². The molecule has 0 saturated heterocycles. The van der Waals surface area contributed by atoms with Crippen LogP contribution in [0, 0.1) is 0 Å². The Labute approximate surface area is 260 Å². The minimum atomic E-state index is -5.11. The van der Waals surface area contributed by atoms with E-state index >= 15 is 0 Å². The van der Waals surface area contributed by atoms with Gasteiger partial charge < -0.3 is 38.7 Å². The summed E-state index contributed by atoms with van der Waals surface area (Å²) >= 11 is 0. The predicted octanol–water partition coefficient (Wildman–Crippen LogP) is 5.01. The van der Waals surface area contributed by atoms with E-state index in [1.54, 1.807) is 0 Å². The molecule has 0 amide bonds. The zero-order chi connectivity index (χ0) is 32.1. The van der Waals surface area contributed by atoms with Crippen molar-refractivity contribution in [2.45, 2.75) is 116 Å². The van der Waals surface area contributed by atoms with Gasteiger partial charge in [-0.25, -0.2) is 4.98 Å². The fourth-order valence-electron chi connectivity index (χ4n) is 4.74. The second kappa shape index (κ2) is 22.0. The van der Waals surface area contributed by atoms with Crippen molar-refractivity contribution in [3.63, 3.8) is 0 Å². The topological polar surface area (TPSA) is 207 Å². The molecule has 2 rings (SSSR count). The van der Waals surface area contributed by atoms with E-state index in [1.807, 2.05) is 0 Å². The van der Waals surface area contributed by atoms with E-state index in [0.717, 1.165) is 19.3 Å². The number of phosphoric ester groups is 1. The van der Waals surface area contributed by atoms with Crippen LogP contribution >= 0.6 is 15.4 Å². The number of ether oxygens (including phenoxy) is 2. The second-order valence-corrected chi connectivity index (χ2v) is 14.3. The highest BCUT2D eigenvalue weighted by atomic mass is 31.3. The van der Waals surface area contributed by atoms with Crippen molar-refractivity contribution in [1.82, 2.24) is 19.5 Å². The Morgan fingerprint density at radius 1 is 0.818 bits per heavy atom. The van der Waals surface area contributed by atoms with E-state index in [1.165, 1.54) is 94.4 Å². The fraction of sp³-hybridized carbons (Fsp3) is 0.821. The molecule has 0 aliphatic heterocycles. The SMILES string of the molecule is CCCCCCCCCCCCCCCCCCOCCOP(=O)([O-])OP(=O)([O-])COCCn1cnc2c(=O)[nH]c(N)nc21. The van der Waals surface area contributed by atoms with Crippen molar-refractivity contribution in [3.05, 3.63) is 16.7 Å². The molecule has 0 saturated carbocycles. The molecule has 254 valence electrons. The number of nitrogen functional groups attached to an aromatic ring is 1. The molecule has 2 atom stereocenters. The number of hydrogen-bond acceptors (Lipinski definition) is 12. The van der Waals surface area contributed by atoms with Crippen LogP contribution in [0.4, 0.5) is 5.95 Å². The van der Waals surface area contributed by atoms with Gasteiger partial charge in [0, 0.05) is 13.2 Å². The Balaban J connectivity index is 1.41. The van der Waals surface area contributed by atoms with Gasteiger partial charge in [0.15, 0.2) is 18.8 Å². The molecule has 2 aromatic rings. The van der Waals surface area contributed by atoms with Crippen LogP contribution in [0.15, 0.2) is 11.1 Å². The van der Waals surface area contributed by atoms with Crippen LogP contribution in [0.2, 0.25) is 0 Å². The summed E-state index contributed by atoms with van der Waals surface area (Å²) in [6.07, 6.45) is 20.8. The molecule has 0 aromatic carbocycles. The molecule has 2 aromatic heterocycles. The van der Waals surface area contributed by atoms with E-state index in [0.29, 0.717) is 6.61 Å². The Morgan fingerprint density at radius 3 is 1.98 bits per heavy atom. The summed E-state index contributed by atoms with van der Waals surface area (Å²) in [5.74, 6) is -0.0977. The highest BCUT2D eigenvalue weighted by molar-refractivity contribution is 7.62. The van der Waals surface area contributed by atoms with E-state index in [4.69, 9.17) is 15.2 Å². The van der Waals surface area contributed by atoms with Gasteiger partial charge in [0.1, 0.15) is 6.35 Å². The lowest BCUT2D eigenvalue weighted by atomic mass is 10.0. The van der Waals surface area contributed by atoms with Gasteiger partial charge in [-0.2, -0.15) is 4.98 Å². The third-order valence-electron chi connectivity index (χ3n) is 7.06. The summed E-state index contributed by atoms with van der Waals surface area (Å²) in [5, 5.41) is 0. The van der Waals surface area contributed by atoms with Crippen LogP contribution in [-0.2, 0) is 34.0 Å². The van der Waals surface area contributed by atoms with E-state index in [9.17, 15) is 23.7 Å². The maximum atomic E-state index is 12.0. The average molecular weight is 664 g/mol. The number of unbranched alkanes of at least 4 members (excludes halogenated alkanes) is 15. The van der Waals surface area contributed by atoms with Crippen LogP contribution in [0.5, 0.6) is 0 Å². The zero-order valence-corrected chi connectivity index (χ0v) is 27.9. The van der Waals surface area contributed by atoms with Gasteiger partial charge in [-0.15, -0.1) is 0 Å². The van der Waals surface area contributed by atoms with Crippen LogP contribution < -0.4 is 21.1 Å². The smallest absolute Gasteiger partial charge is 0.280 e. The second-order valence-electron chi connectivity index (χ2n) is 11.0. The first-order valence-electron chi connectivity index (χ1n) is 16.0. The Hall–Kier alpha value is -1.63. The molecule has 16 heteroatoms. The number of nitrogens with one attached hydrogen (secondary N) is 1. The monoisotopic (exact) mass is 663 g/mol. The number of phosphoric acid groups is 1. The minimum Gasteiger partial charge on any atom is -0.777 e. The molecular weight excluding hydrogens is 612 g/mol. The Morgan fingerprint density at radius 2 is 1.39 bits per heavy atom. The maximum Gasteiger partial charge on any atom is 0.280 e. The molecule has 0 aliphatic carbocycles. The number of nitrogens with two attached hydrogens (primary N) is 1. The van der Waals surface area contributed by atoms with Gasteiger partial charge >= 0.3 is 0 Å². The van der Waals surface area contributed by atoms with Gasteiger partial charge in [-0.3, -0.25) is 18.7 Å². The zero-order valence-electron chi connectivity index (χ0n) is 26.1. The number of H-pyrrole nitrogens is 1. The number of fused-ring (bicyclic) bond motifs is 1. The molecule has 14 nitrogen and oxygen atoms in total. The molecule has 0 bridgehead atoms. The Bertz CT molecular complexity index is 1210. The normalized spacial score (nSPS) is 14.6. The Kier molecular flexibility index (Phi) is 19.3. The van der Waals surface area contributed by atoms with Crippen molar-refractivity contribution >= 4 is 32.5 Å². The number of anilines is 1. The fourth-order valence-corrected chi connectivity index (χ4v) is 6.98. The lowest BCUT2D eigenvalue weighted by Crippen LogP contribution is -2.17. The van der Waals surface area contributed by atoms with Gasteiger partial charge in [0.05, 0.1) is 26.1 Å². The van der Waals surface area contributed by atoms with Crippen LogP contribution in [0.3, 0.4) is 0 Å². The predicted molar refractivity (Wildman–Crippen MR) is 166 cm³/mol. The number of aromatic amines is 1. The number of imidazole rings is 1. The molecule has 3 N–H and O–H groups in total. The summed E-state index contributed by atoms with van der Waals surface area (Å²) in [7, 11) is -10.0.